The molecule has 6 nitrogen and oxygen atoms in total. The molecule has 6 heteroatoms. The Balaban J connectivity index is 1.08. The second-order valence-corrected chi connectivity index (χ2v) is 11.5. The number of nitrogens with one attached hydrogen (secondary N) is 3. The number of piperidine rings is 1. The van der Waals surface area contributed by atoms with Gasteiger partial charge >= 0.3 is 0 Å². The standard InChI is InChI=1S/C30H40N4O2/c1-34-17-15-25(16-18-34)36-24-12-9-22(10-13-24)29-26-19-23(11-14-27(26)32-33-29)30(35)31-28(21-7-8-21)20-5-3-2-4-6-20/h2-6,9-10,12-13,21,23,25-29,32-33H,7-8,11,14-19H2,1H3,(H,31,35). The Labute approximate surface area is 215 Å². The predicted molar refractivity (Wildman–Crippen MR) is 141 cm³/mol. The third kappa shape index (κ3) is 5.31. The zero-order valence-corrected chi connectivity index (χ0v) is 21.4. The molecule has 0 spiro atoms. The van der Waals surface area contributed by atoms with Crippen LogP contribution in [0.2, 0.25) is 0 Å². The molecule has 4 fully saturated rings. The lowest BCUT2D eigenvalue weighted by atomic mass is 9.74. The van der Waals surface area contributed by atoms with Gasteiger partial charge in [-0.05, 0) is 87.1 Å². The van der Waals surface area contributed by atoms with Gasteiger partial charge in [-0.1, -0.05) is 42.5 Å². The molecule has 4 aliphatic rings. The highest BCUT2D eigenvalue weighted by atomic mass is 16.5. The molecule has 3 N–H and O–H groups in total. The van der Waals surface area contributed by atoms with Crippen LogP contribution in [0.1, 0.15) is 68.2 Å². The second kappa shape index (κ2) is 10.5. The van der Waals surface area contributed by atoms with Crippen molar-refractivity contribution in [1.29, 1.82) is 0 Å². The van der Waals surface area contributed by atoms with Crippen LogP contribution in [0.4, 0.5) is 0 Å². The number of benzene rings is 2. The first-order valence-corrected chi connectivity index (χ1v) is 14.0. The monoisotopic (exact) mass is 488 g/mol. The van der Waals surface area contributed by atoms with E-state index in [1.165, 1.54) is 24.0 Å². The summed E-state index contributed by atoms with van der Waals surface area (Å²) in [5, 5.41) is 3.45. The molecular weight excluding hydrogens is 448 g/mol. The Morgan fingerprint density at radius 3 is 2.42 bits per heavy atom. The Bertz CT molecular complexity index is 1020. The number of likely N-dealkylation sites (tertiary alicyclic amines) is 1. The highest BCUT2D eigenvalue weighted by Gasteiger charge is 2.43. The normalized spacial score (nSPS) is 29.9. The van der Waals surface area contributed by atoms with Crippen LogP contribution < -0.4 is 20.9 Å². The van der Waals surface area contributed by atoms with Crippen molar-refractivity contribution in [3.63, 3.8) is 0 Å². The SMILES string of the molecule is CN1CCC(Oc2ccc(C3NNC4CCC(C(=O)NC(c5ccccc5)C5CC5)CC43)cc2)CC1. The number of rotatable bonds is 7. The van der Waals surface area contributed by atoms with Gasteiger partial charge in [0.05, 0.1) is 12.1 Å². The third-order valence-electron chi connectivity index (χ3n) is 8.88. The van der Waals surface area contributed by atoms with E-state index >= 15 is 0 Å². The number of nitrogens with zero attached hydrogens (tertiary/aromatic N) is 1. The van der Waals surface area contributed by atoms with Crippen LogP contribution in [-0.4, -0.2) is 43.1 Å². The van der Waals surface area contributed by atoms with Gasteiger partial charge in [0.25, 0.3) is 0 Å². The molecule has 2 heterocycles. The van der Waals surface area contributed by atoms with Gasteiger partial charge < -0.3 is 15.0 Å². The summed E-state index contributed by atoms with van der Waals surface area (Å²) < 4.78 is 6.26. The van der Waals surface area contributed by atoms with Crippen molar-refractivity contribution in [2.45, 2.75) is 69.2 Å². The fourth-order valence-corrected chi connectivity index (χ4v) is 6.51. The van der Waals surface area contributed by atoms with Crippen molar-refractivity contribution in [1.82, 2.24) is 21.1 Å². The van der Waals surface area contributed by atoms with Gasteiger partial charge in [0, 0.05) is 25.0 Å². The molecule has 2 aromatic carbocycles. The average Bonchev–Trinajstić information content (AvgIpc) is 3.67. The summed E-state index contributed by atoms with van der Waals surface area (Å²) in [6.07, 6.45) is 7.81. The van der Waals surface area contributed by atoms with Crippen LogP contribution in [0, 0.1) is 17.8 Å². The number of ether oxygens (including phenoxy) is 1. The van der Waals surface area contributed by atoms with E-state index in [9.17, 15) is 4.79 Å². The molecule has 0 aromatic heterocycles. The summed E-state index contributed by atoms with van der Waals surface area (Å²) in [4.78, 5) is 15.8. The molecule has 2 saturated carbocycles. The van der Waals surface area contributed by atoms with E-state index in [1.54, 1.807) is 0 Å². The fourth-order valence-electron chi connectivity index (χ4n) is 6.51. The minimum Gasteiger partial charge on any atom is -0.490 e. The Kier molecular flexibility index (Phi) is 7.00. The molecule has 2 aliphatic carbocycles. The lowest BCUT2D eigenvalue weighted by molar-refractivity contribution is -0.127. The van der Waals surface area contributed by atoms with Gasteiger partial charge in [0.2, 0.25) is 5.91 Å². The van der Waals surface area contributed by atoms with Gasteiger partial charge in [-0.2, -0.15) is 0 Å². The minimum absolute atomic E-state index is 0.0763. The van der Waals surface area contributed by atoms with E-state index in [2.05, 4.69) is 76.6 Å². The number of fused-ring (bicyclic) bond motifs is 1. The van der Waals surface area contributed by atoms with Crippen LogP contribution in [0.3, 0.4) is 0 Å². The van der Waals surface area contributed by atoms with Crippen LogP contribution in [-0.2, 0) is 4.79 Å². The predicted octanol–water partition coefficient (Wildman–Crippen LogP) is 4.36. The summed E-state index contributed by atoms with van der Waals surface area (Å²) in [7, 11) is 2.18. The Morgan fingerprint density at radius 1 is 0.944 bits per heavy atom. The first-order chi connectivity index (χ1) is 17.6. The molecule has 192 valence electrons. The van der Waals surface area contributed by atoms with Gasteiger partial charge in [0.15, 0.2) is 0 Å². The number of hydrazine groups is 1. The summed E-state index contributed by atoms with van der Waals surface area (Å²) in [6.45, 7) is 2.20. The lowest BCUT2D eigenvalue weighted by Crippen LogP contribution is -2.41. The van der Waals surface area contributed by atoms with Crippen molar-refractivity contribution in [2.75, 3.05) is 20.1 Å². The highest BCUT2D eigenvalue weighted by molar-refractivity contribution is 5.79. The molecule has 0 bridgehead atoms. The van der Waals surface area contributed by atoms with Gasteiger partial charge in [0.1, 0.15) is 11.9 Å². The molecule has 1 amide bonds. The van der Waals surface area contributed by atoms with Gasteiger partial charge in [-0.3, -0.25) is 10.2 Å². The molecule has 5 unspecified atom stereocenters. The average molecular weight is 489 g/mol. The topological polar surface area (TPSA) is 65.6 Å². The quantitative estimate of drug-likeness (QED) is 0.541. The smallest absolute Gasteiger partial charge is 0.223 e. The number of carbonyl (C=O) groups excluding carboxylic acids is 1. The lowest BCUT2D eigenvalue weighted by Gasteiger charge is -2.33. The zero-order chi connectivity index (χ0) is 24.5. The summed E-state index contributed by atoms with van der Waals surface area (Å²) in [5.74, 6) is 2.27. The molecule has 0 radical (unpaired) electrons. The van der Waals surface area contributed by atoms with E-state index in [4.69, 9.17) is 4.74 Å². The first kappa shape index (κ1) is 24.0. The summed E-state index contributed by atoms with van der Waals surface area (Å²) >= 11 is 0. The van der Waals surface area contributed by atoms with Crippen molar-refractivity contribution >= 4 is 5.91 Å². The Hall–Kier alpha value is -2.41. The number of hydrogen-bond donors (Lipinski definition) is 3. The van der Waals surface area contributed by atoms with Crippen LogP contribution in [0.25, 0.3) is 0 Å². The number of hydrogen-bond acceptors (Lipinski definition) is 5. The number of amides is 1. The summed E-state index contributed by atoms with van der Waals surface area (Å²) in [6, 6.07) is 19.9. The van der Waals surface area contributed by atoms with E-state index in [1.807, 2.05) is 6.07 Å². The molecule has 36 heavy (non-hydrogen) atoms. The van der Waals surface area contributed by atoms with E-state index < -0.39 is 0 Å². The largest absolute Gasteiger partial charge is 0.490 e. The summed E-state index contributed by atoms with van der Waals surface area (Å²) in [5.41, 5.74) is 9.59. The highest BCUT2D eigenvalue weighted by Crippen LogP contribution is 2.43. The second-order valence-electron chi connectivity index (χ2n) is 11.5. The van der Waals surface area contributed by atoms with E-state index in [-0.39, 0.29) is 23.9 Å². The van der Waals surface area contributed by atoms with Crippen molar-refractivity contribution in [3.8, 4) is 5.75 Å². The van der Waals surface area contributed by atoms with E-state index in [0.29, 0.717) is 24.0 Å². The molecule has 2 aromatic rings. The van der Waals surface area contributed by atoms with Gasteiger partial charge in [-0.15, -0.1) is 0 Å². The number of carbonyl (C=O) groups is 1. The molecule has 5 atom stereocenters. The van der Waals surface area contributed by atoms with Crippen LogP contribution in [0.5, 0.6) is 5.75 Å². The van der Waals surface area contributed by atoms with Crippen LogP contribution >= 0.6 is 0 Å². The van der Waals surface area contributed by atoms with Gasteiger partial charge in [-0.25, -0.2) is 5.43 Å². The fraction of sp³-hybridized carbons (Fsp3) is 0.567. The van der Waals surface area contributed by atoms with Crippen molar-refractivity contribution in [3.05, 3.63) is 65.7 Å². The maximum absolute atomic E-state index is 13.4. The maximum atomic E-state index is 13.4. The van der Waals surface area contributed by atoms with Crippen LogP contribution in [0.15, 0.2) is 54.6 Å². The molecule has 6 rings (SSSR count). The molecule has 2 aliphatic heterocycles. The van der Waals surface area contributed by atoms with Crippen molar-refractivity contribution < 1.29 is 9.53 Å². The first-order valence-electron chi connectivity index (χ1n) is 14.0. The van der Waals surface area contributed by atoms with Crippen molar-refractivity contribution in [2.24, 2.45) is 17.8 Å². The molecule has 2 saturated heterocycles. The minimum atomic E-state index is 0.0763. The maximum Gasteiger partial charge on any atom is 0.223 e. The van der Waals surface area contributed by atoms with E-state index in [0.717, 1.165) is 50.9 Å². The zero-order valence-electron chi connectivity index (χ0n) is 21.4. The Morgan fingerprint density at radius 2 is 1.69 bits per heavy atom. The third-order valence-corrected chi connectivity index (χ3v) is 8.88. The molecular formula is C30H40N4O2.